The number of aromatic amines is 2. The molecule has 5 atom stereocenters. The van der Waals surface area contributed by atoms with Gasteiger partial charge in [-0.15, -0.1) is 0 Å². The molecule has 0 bridgehead atoms. The zero-order valence-corrected chi connectivity index (χ0v) is 31.9. The number of carbonyl (C=O) groups is 4. The minimum Gasteiger partial charge on any atom is -0.469 e. The van der Waals surface area contributed by atoms with Gasteiger partial charge in [0.05, 0.1) is 56.5 Å². The van der Waals surface area contributed by atoms with Crippen molar-refractivity contribution in [2.75, 3.05) is 27.3 Å². The number of Topliss-reactive ketones (excluding diaryl/α,β-unsaturated/α-hetero) is 1. The number of rotatable bonds is 13. The number of imidazole rings is 2. The van der Waals surface area contributed by atoms with Gasteiger partial charge in [-0.25, -0.2) is 23.5 Å². The van der Waals surface area contributed by atoms with E-state index in [2.05, 4.69) is 30.6 Å². The molecule has 56 heavy (non-hydrogen) atoms. The van der Waals surface area contributed by atoms with Crippen molar-refractivity contribution in [1.29, 1.82) is 0 Å². The Morgan fingerprint density at radius 3 is 2.07 bits per heavy atom. The van der Waals surface area contributed by atoms with Crippen molar-refractivity contribution in [2.24, 2.45) is 23.7 Å². The number of likely N-dealkylation sites (tertiary alicyclic amines) is 1. The summed E-state index contributed by atoms with van der Waals surface area (Å²) in [6.45, 7) is 4.79. The first-order valence-electron chi connectivity index (χ1n) is 19.2. The van der Waals surface area contributed by atoms with Gasteiger partial charge in [0.2, 0.25) is 5.91 Å². The Labute approximate surface area is 323 Å². The van der Waals surface area contributed by atoms with Crippen LogP contribution in [-0.2, 0) is 23.9 Å². The summed E-state index contributed by atoms with van der Waals surface area (Å²) in [6, 6.07) is 7.77. The van der Waals surface area contributed by atoms with Crippen LogP contribution in [0.5, 0.6) is 0 Å². The number of alkyl carbamates (subject to hydrolysis) is 1. The molecule has 1 aliphatic carbocycles. The van der Waals surface area contributed by atoms with Crippen molar-refractivity contribution < 1.29 is 37.4 Å². The molecule has 4 N–H and O–H groups in total. The summed E-state index contributed by atoms with van der Waals surface area (Å²) in [6.07, 6.45) is 6.31. The summed E-state index contributed by atoms with van der Waals surface area (Å²) in [4.78, 5) is 68.3. The molecule has 296 valence electrons. The fourth-order valence-corrected chi connectivity index (χ4v) is 8.13. The summed E-state index contributed by atoms with van der Waals surface area (Å²) in [5.41, 5.74) is 2.36. The van der Waals surface area contributed by atoms with Gasteiger partial charge >= 0.3 is 12.1 Å². The predicted molar refractivity (Wildman–Crippen MR) is 202 cm³/mol. The number of hydrogen-bond donors (Lipinski definition) is 4. The lowest BCUT2D eigenvalue weighted by molar-refractivity contribution is -0.145. The van der Waals surface area contributed by atoms with Crippen molar-refractivity contribution in [1.82, 2.24) is 35.5 Å². The van der Waals surface area contributed by atoms with Crippen molar-refractivity contribution in [3.63, 3.8) is 0 Å². The first kappa shape index (κ1) is 38.8. The van der Waals surface area contributed by atoms with Crippen LogP contribution in [0.15, 0.2) is 48.8 Å². The monoisotopic (exact) mass is 771 g/mol. The van der Waals surface area contributed by atoms with Crippen LogP contribution in [-0.4, -0.2) is 81.9 Å². The van der Waals surface area contributed by atoms with E-state index in [1.165, 1.54) is 38.7 Å². The second-order valence-electron chi connectivity index (χ2n) is 15.3. The van der Waals surface area contributed by atoms with E-state index in [4.69, 9.17) is 9.47 Å². The fourth-order valence-electron chi connectivity index (χ4n) is 8.13. The molecule has 1 saturated carbocycles. The molecule has 4 heterocycles. The van der Waals surface area contributed by atoms with Crippen molar-refractivity contribution >= 4 is 23.8 Å². The molecule has 0 radical (unpaired) electrons. The Balaban J connectivity index is 1.04. The highest BCUT2D eigenvalue weighted by molar-refractivity contribution is 5.89. The fraction of sp³-hybridized carbons (Fsp3) is 0.463. The summed E-state index contributed by atoms with van der Waals surface area (Å²) in [5.74, 6) is -1.37. The normalized spacial score (nSPS) is 20.6. The molecular weight excluding hydrogens is 724 g/mol. The van der Waals surface area contributed by atoms with E-state index >= 15 is 8.78 Å². The number of ether oxygens (including phenoxy) is 2. The number of hydrogen-bond acceptors (Lipinski definition) is 9. The molecule has 0 spiro atoms. The highest BCUT2D eigenvalue weighted by Crippen LogP contribution is 2.43. The maximum atomic E-state index is 15.7. The lowest BCUT2D eigenvalue weighted by atomic mass is 9.83. The van der Waals surface area contributed by atoms with E-state index in [9.17, 15) is 19.2 Å². The second kappa shape index (κ2) is 16.3. The molecule has 1 unspecified atom stereocenters. The van der Waals surface area contributed by atoms with Crippen LogP contribution in [0.25, 0.3) is 33.6 Å². The molecule has 2 saturated heterocycles. The molecule has 2 aromatic carbocycles. The number of aromatic nitrogens is 4. The highest BCUT2D eigenvalue weighted by Gasteiger charge is 2.45. The topological polar surface area (TPSA) is 171 Å². The Bertz CT molecular complexity index is 1970. The van der Waals surface area contributed by atoms with E-state index in [1.807, 2.05) is 13.8 Å². The van der Waals surface area contributed by atoms with Gasteiger partial charge in [0.1, 0.15) is 35.1 Å². The van der Waals surface area contributed by atoms with Crippen LogP contribution in [0, 0.1) is 35.3 Å². The van der Waals surface area contributed by atoms with E-state index < -0.39 is 35.8 Å². The van der Waals surface area contributed by atoms with Gasteiger partial charge in [-0.2, -0.15) is 0 Å². The maximum Gasteiger partial charge on any atom is 0.407 e. The van der Waals surface area contributed by atoms with Gasteiger partial charge in [0, 0.05) is 29.5 Å². The molecule has 2 aromatic heterocycles. The van der Waals surface area contributed by atoms with E-state index in [0.717, 1.165) is 19.3 Å². The number of nitrogens with one attached hydrogen (secondary N) is 4. The lowest BCUT2D eigenvalue weighted by Gasteiger charge is -2.30. The van der Waals surface area contributed by atoms with Gasteiger partial charge in [-0.05, 0) is 85.9 Å². The van der Waals surface area contributed by atoms with Crippen molar-refractivity contribution in [2.45, 2.75) is 70.5 Å². The van der Waals surface area contributed by atoms with E-state index in [0.29, 0.717) is 60.1 Å². The van der Waals surface area contributed by atoms with Crippen LogP contribution < -0.4 is 10.6 Å². The first-order valence-corrected chi connectivity index (χ1v) is 19.2. The Kier molecular flexibility index (Phi) is 11.3. The number of amides is 2. The molecule has 4 aromatic rings. The smallest absolute Gasteiger partial charge is 0.407 e. The number of benzene rings is 2. The third-order valence-corrected chi connectivity index (χ3v) is 11.3. The molecule has 15 heteroatoms. The molecule has 13 nitrogen and oxygen atoms in total. The number of methoxy groups -OCH3 is 2. The molecule has 2 amide bonds. The van der Waals surface area contributed by atoms with Gasteiger partial charge in [0.15, 0.2) is 0 Å². The zero-order chi connectivity index (χ0) is 39.7. The molecule has 3 fully saturated rings. The Morgan fingerprint density at radius 2 is 1.50 bits per heavy atom. The number of nitrogens with zero attached hydrogens (tertiary/aromatic N) is 3. The number of halogens is 2. The van der Waals surface area contributed by atoms with Gasteiger partial charge in [-0.1, -0.05) is 26.0 Å². The third-order valence-electron chi connectivity index (χ3n) is 11.3. The molecule has 3 aliphatic rings. The van der Waals surface area contributed by atoms with Crippen LogP contribution in [0.3, 0.4) is 0 Å². The van der Waals surface area contributed by atoms with Gasteiger partial charge < -0.3 is 35.0 Å². The third kappa shape index (κ3) is 7.95. The zero-order valence-electron chi connectivity index (χ0n) is 31.9. The summed E-state index contributed by atoms with van der Waals surface area (Å²) in [7, 11) is 2.57. The SMILES string of the molecule is COC(=O)C[C@H](C(=O)C1CCN[C@H]1c1ncc(-c2ccc(-c3ccc(-c4cnc([C@@H]5CCCN5C(=O)[C@@H](NC(=O)OC)C(C)C)[nH]4)c(F)c3)cc2F)[nH]1)C1CC1. The van der Waals surface area contributed by atoms with Crippen LogP contribution in [0.2, 0.25) is 0 Å². The van der Waals surface area contributed by atoms with Crippen molar-refractivity contribution in [3.8, 4) is 33.6 Å². The van der Waals surface area contributed by atoms with Crippen LogP contribution in [0.1, 0.15) is 76.1 Å². The van der Waals surface area contributed by atoms with Crippen LogP contribution in [0.4, 0.5) is 13.6 Å². The van der Waals surface area contributed by atoms with E-state index in [-0.39, 0.29) is 59.0 Å². The van der Waals surface area contributed by atoms with Gasteiger partial charge in [0.25, 0.3) is 0 Å². The average Bonchev–Trinajstić information content (AvgIpc) is 3.65. The average molecular weight is 772 g/mol. The number of ketones is 1. The predicted octanol–water partition coefficient (Wildman–Crippen LogP) is 6.27. The Morgan fingerprint density at radius 1 is 0.875 bits per heavy atom. The maximum absolute atomic E-state index is 15.7. The quantitative estimate of drug-likeness (QED) is 0.115. The Hall–Kier alpha value is -5.44. The lowest BCUT2D eigenvalue weighted by Crippen LogP contribution is -2.51. The highest BCUT2D eigenvalue weighted by atomic mass is 19.1. The minimum atomic E-state index is -0.775. The number of carbonyl (C=O) groups excluding carboxylic acids is 4. The molecule has 2 aliphatic heterocycles. The summed E-state index contributed by atoms with van der Waals surface area (Å²) in [5, 5.41) is 5.99. The summed E-state index contributed by atoms with van der Waals surface area (Å²) >= 11 is 0. The van der Waals surface area contributed by atoms with Gasteiger partial charge in [-0.3, -0.25) is 14.4 Å². The standard InChI is InChI=1S/C41H47F2N7O6/c1-21(2)35(49-41(54)56-4)40(53)50-15-5-6-33(50)38-45-19-31(47-38)25-11-9-23(16-29(25)42)24-10-12-26(30(43)17-24)32-20-46-39(48-32)36-27(13-14-44-36)37(52)28(22-7-8-22)18-34(51)55-3/h9-12,16-17,19-22,27-28,33,35-36,44H,5-8,13-15,18H2,1-4H3,(H,45,47)(H,46,48)(H,49,54)/t27?,28-,33-,35-,36+/m0/s1. The van der Waals surface area contributed by atoms with Crippen LogP contribution >= 0.6 is 0 Å². The second-order valence-corrected chi connectivity index (χ2v) is 15.3. The number of esters is 1. The molecule has 7 rings (SSSR count). The minimum absolute atomic E-state index is 0.0335. The first-order chi connectivity index (χ1) is 27.0. The molecular formula is C41H47F2N7O6. The van der Waals surface area contributed by atoms with Crippen molar-refractivity contribution in [3.05, 3.63) is 72.1 Å². The largest absolute Gasteiger partial charge is 0.469 e. The van der Waals surface area contributed by atoms with E-state index in [1.54, 1.807) is 29.2 Å². The summed E-state index contributed by atoms with van der Waals surface area (Å²) < 4.78 is 41.0. The number of H-pyrrole nitrogens is 2.